The molecule has 3 heterocycles. The average molecular weight is 415 g/mol. The van der Waals surface area contributed by atoms with Crippen LogP contribution in [0.1, 0.15) is 32.8 Å². The van der Waals surface area contributed by atoms with E-state index in [9.17, 15) is 22.8 Å². The van der Waals surface area contributed by atoms with E-state index in [0.29, 0.717) is 39.1 Å². The number of alkyl halides is 3. The van der Waals surface area contributed by atoms with E-state index in [1.54, 1.807) is 30.6 Å². The Hall–Kier alpha value is -2.59. The van der Waals surface area contributed by atoms with Crippen molar-refractivity contribution < 1.29 is 27.5 Å². The Bertz CT molecular complexity index is 755. The monoisotopic (exact) mass is 415 g/mol. The standard InChI is InChI=1S/C18H24F3N5O3/c1-17(2,3)29-16(28)26-5-4-13(26)14(27)24-6-8-25(9-7-24)15-22-10-12(11-23-15)18(19,20)21/h10-11,13H,4-9H2,1-3H3/t13-/m0/s1. The Morgan fingerprint density at radius 2 is 1.62 bits per heavy atom. The van der Waals surface area contributed by atoms with Crippen LogP contribution >= 0.6 is 0 Å². The third kappa shape index (κ3) is 4.88. The topological polar surface area (TPSA) is 78.9 Å². The van der Waals surface area contributed by atoms with Crippen LogP contribution in [0.5, 0.6) is 0 Å². The number of piperazine rings is 1. The molecular weight excluding hydrogens is 391 g/mol. The number of carbonyl (C=O) groups is 2. The van der Waals surface area contributed by atoms with Gasteiger partial charge in [-0.3, -0.25) is 9.69 Å². The molecule has 0 radical (unpaired) electrons. The predicted molar refractivity (Wildman–Crippen MR) is 97.2 cm³/mol. The molecule has 0 aliphatic carbocycles. The number of aromatic nitrogens is 2. The molecule has 3 rings (SSSR count). The highest BCUT2D eigenvalue weighted by Crippen LogP contribution is 2.28. The third-order valence-corrected chi connectivity index (χ3v) is 4.77. The SMILES string of the molecule is CC(C)(C)OC(=O)N1CC[C@H]1C(=O)N1CCN(c2ncc(C(F)(F)F)cn2)CC1. The molecule has 2 fully saturated rings. The van der Waals surface area contributed by atoms with E-state index < -0.39 is 29.5 Å². The summed E-state index contributed by atoms with van der Waals surface area (Å²) < 4.78 is 43.2. The molecule has 0 spiro atoms. The molecule has 2 amide bonds. The second-order valence-electron chi connectivity index (χ2n) is 8.06. The molecule has 8 nitrogen and oxygen atoms in total. The van der Waals surface area contributed by atoms with Gasteiger partial charge in [-0.2, -0.15) is 13.2 Å². The van der Waals surface area contributed by atoms with Crippen molar-refractivity contribution in [3.05, 3.63) is 18.0 Å². The number of amides is 2. The van der Waals surface area contributed by atoms with Gasteiger partial charge in [0.25, 0.3) is 0 Å². The zero-order valence-corrected chi connectivity index (χ0v) is 16.6. The largest absolute Gasteiger partial charge is 0.444 e. The van der Waals surface area contributed by atoms with Gasteiger partial charge in [0.1, 0.15) is 11.6 Å². The number of rotatable bonds is 2. The number of carbonyl (C=O) groups excluding carboxylic acids is 2. The van der Waals surface area contributed by atoms with Crippen LogP contribution in [0.4, 0.5) is 23.9 Å². The van der Waals surface area contributed by atoms with Crippen molar-refractivity contribution in [1.29, 1.82) is 0 Å². The number of anilines is 1. The number of likely N-dealkylation sites (tertiary alicyclic amines) is 1. The molecule has 1 aromatic rings. The Balaban J connectivity index is 1.54. The Morgan fingerprint density at radius 1 is 1.03 bits per heavy atom. The minimum atomic E-state index is -4.48. The molecular formula is C18H24F3N5O3. The van der Waals surface area contributed by atoms with Gasteiger partial charge in [-0.25, -0.2) is 14.8 Å². The molecule has 1 atom stereocenters. The second-order valence-corrected chi connectivity index (χ2v) is 8.06. The fourth-order valence-electron chi connectivity index (χ4n) is 3.15. The van der Waals surface area contributed by atoms with Gasteiger partial charge in [0.15, 0.2) is 0 Å². The van der Waals surface area contributed by atoms with Gasteiger partial charge in [-0.15, -0.1) is 0 Å². The molecule has 2 saturated heterocycles. The molecule has 0 unspecified atom stereocenters. The summed E-state index contributed by atoms with van der Waals surface area (Å²) in [7, 11) is 0. The lowest BCUT2D eigenvalue weighted by Gasteiger charge is -2.44. The summed E-state index contributed by atoms with van der Waals surface area (Å²) in [5.74, 6) is 0.0548. The van der Waals surface area contributed by atoms with E-state index in [-0.39, 0.29) is 11.9 Å². The van der Waals surface area contributed by atoms with Crippen LogP contribution in [0.2, 0.25) is 0 Å². The van der Waals surface area contributed by atoms with E-state index >= 15 is 0 Å². The zero-order chi connectivity index (χ0) is 21.4. The minimum absolute atomic E-state index is 0.143. The highest BCUT2D eigenvalue weighted by Gasteiger charge is 2.42. The maximum atomic E-state index is 12.8. The smallest absolute Gasteiger partial charge is 0.419 e. The van der Waals surface area contributed by atoms with Gasteiger partial charge in [-0.1, -0.05) is 0 Å². The number of hydrogen-bond acceptors (Lipinski definition) is 6. The maximum absolute atomic E-state index is 12.8. The molecule has 1 aromatic heterocycles. The lowest BCUT2D eigenvalue weighted by Crippen LogP contribution is -2.62. The summed E-state index contributed by atoms with van der Waals surface area (Å²) in [5, 5.41) is 0. The van der Waals surface area contributed by atoms with Gasteiger partial charge >= 0.3 is 12.3 Å². The van der Waals surface area contributed by atoms with Crippen LogP contribution in [-0.4, -0.2) is 76.1 Å². The van der Waals surface area contributed by atoms with Crippen LogP contribution in [0.3, 0.4) is 0 Å². The van der Waals surface area contributed by atoms with E-state index in [1.807, 2.05) is 0 Å². The number of halogens is 3. The average Bonchev–Trinajstić information content (AvgIpc) is 2.58. The Morgan fingerprint density at radius 3 is 2.07 bits per heavy atom. The number of ether oxygens (including phenoxy) is 1. The molecule has 0 N–H and O–H groups in total. The number of hydrogen-bond donors (Lipinski definition) is 0. The highest BCUT2D eigenvalue weighted by atomic mass is 19.4. The van der Waals surface area contributed by atoms with Crippen molar-refractivity contribution in [2.75, 3.05) is 37.6 Å². The first-order chi connectivity index (χ1) is 13.5. The molecule has 0 aromatic carbocycles. The van der Waals surface area contributed by atoms with Crippen molar-refractivity contribution in [2.45, 2.75) is 45.0 Å². The van der Waals surface area contributed by atoms with Crippen molar-refractivity contribution in [3.63, 3.8) is 0 Å². The van der Waals surface area contributed by atoms with Crippen LogP contribution in [0.15, 0.2) is 12.4 Å². The fraction of sp³-hybridized carbons (Fsp3) is 0.667. The van der Waals surface area contributed by atoms with Crippen LogP contribution in [0.25, 0.3) is 0 Å². The second kappa shape index (κ2) is 7.68. The Labute approximate surface area is 166 Å². The quantitative estimate of drug-likeness (QED) is 0.737. The van der Waals surface area contributed by atoms with Gasteiger partial charge in [0, 0.05) is 45.1 Å². The summed E-state index contributed by atoms with van der Waals surface area (Å²) in [6, 6.07) is -0.529. The Kier molecular flexibility index (Phi) is 5.59. The predicted octanol–water partition coefficient (Wildman–Crippen LogP) is 2.15. The van der Waals surface area contributed by atoms with Gasteiger partial charge in [0.05, 0.1) is 5.56 Å². The summed E-state index contributed by atoms with van der Waals surface area (Å²) >= 11 is 0. The van der Waals surface area contributed by atoms with Crippen molar-refractivity contribution in [1.82, 2.24) is 19.8 Å². The van der Waals surface area contributed by atoms with Gasteiger partial charge in [-0.05, 0) is 27.2 Å². The van der Waals surface area contributed by atoms with Crippen molar-refractivity contribution in [3.8, 4) is 0 Å². The normalized spacial score (nSPS) is 20.3. The van der Waals surface area contributed by atoms with E-state index in [1.165, 1.54) is 4.90 Å². The summed E-state index contributed by atoms with van der Waals surface area (Å²) in [6.45, 7) is 7.33. The molecule has 0 bridgehead atoms. The highest BCUT2D eigenvalue weighted by molar-refractivity contribution is 5.87. The summed E-state index contributed by atoms with van der Waals surface area (Å²) in [5.41, 5.74) is -1.53. The van der Waals surface area contributed by atoms with Crippen LogP contribution < -0.4 is 4.90 Å². The fourth-order valence-corrected chi connectivity index (χ4v) is 3.15. The molecule has 160 valence electrons. The summed E-state index contributed by atoms with van der Waals surface area (Å²) in [4.78, 5) is 37.4. The molecule has 0 saturated carbocycles. The summed E-state index contributed by atoms with van der Waals surface area (Å²) in [6.07, 6.45) is -2.88. The molecule has 2 aliphatic heterocycles. The van der Waals surface area contributed by atoms with Crippen molar-refractivity contribution >= 4 is 17.9 Å². The van der Waals surface area contributed by atoms with Crippen molar-refractivity contribution in [2.24, 2.45) is 0 Å². The first-order valence-electron chi connectivity index (χ1n) is 9.38. The van der Waals surface area contributed by atoms with E-state index in [4.69, 9.17) is 4.74 Å². The molecule has 11 heteroatoms. The van der Waals surface area contributed by atoms with E-state index in [0.717, 1.165) is 12.4 Å². The lowest BCUT2D eigenvalue weighted by molar-refractivity contribution is -0.141. The molecule has 29 heavy (non-hydrogen) atoms. The third-order valence-electron chi connectivity index (χ3n) is 4.77. The van der Waals surface area contributed by atoms with E-state index in [2.05, 4.69) is 9.97 Å². The first-order valence-corrected chi connectivity index (χ1v) is 9.38. The van der Waals surface area contributed by atoms with Crippen LogP contribution in [-0.2, 0) is 15.7 Å². The molecule has 2 aliphatic rings. The number of nitrogens with zero attached hydrogens (tertiary/aromatic N) is 5. The van der Waals surface area contributed by atoms with Crippen LogP contribution in [0, 0.1) is 0 Å². The lowest BCUT2D eigenvalue weighted by atomic mass is 10.0. The first kappa shape index (κ1) is 21.1. The zero-order valence-electron chi connectivity index (χ0n) is 16.6. The maximum Gasteiger partial charge on any atom is 0.419 e. The minimum Gasteiger partial charge on any atom is -0.444 e. The van der Waals surface area contributed by atoms with Gasteiger partial charge in [0.2, 0.25) is 11.9 Å². The van der Waals surface area contributed by atoms with Gasteiger partial charge < -0.3 is 14.5 Å².